The van der Waals surface area contributed by atoms with Crippen molar-refractivity contribution in [2.75, 3.05) is 6.54 Å². The molecular formula is C19H30BrN. The molecule has 2 atom stereocenters. The molecule has 0 bridgehead atoms. The fraction of sp³-hybridized carbons (Fsp3) is 0.684. The van der Waals surface area contributed by atoms with E-state index in [9.17, 15) is 0 Å². The fourth-order valence-electron chi connectivity index (χ4n) is 3.61. The SMILES string of the molecule is CC(C)NCC1CCC(C)(C)CC1Cc1ccc(Br)cc1. The van der Waals surface area contributed by atoms with Gasteiger partial charge in [-0.05, 0) is 67.2 Å². The lowest BCUT2D eigenvalue weighted by molar-refractivity contribution is 0.114. The normalized spacial score (nSPS) is 25.2. The van der Waals surface area contributed by atoms with E-state index in [0.29, 0.717) is 11.5 Å². The van der Waals surface area contributed by atoms with E-state index >= 15 is 0 Å². The van der Waals surface area contributed by atoms with Gasteiger partial charge in [0.2, 0.25) is 0 Å². The molecule has 2 heteroatoms. The van der Waals surface area contributed by atoms with Crippen LogP contribution in [0.3, 0.4) is 0 Å². The predicted octanol–water partition coefficient (Wildman–Crippen LogP) is 5.43. The molecule has 1 N–H and O–H groups in total. The lowest BCUT2D eigenvalue weighted by Crippen LogP contribution is -2.38. The zero-order valence-electron chi connectivity index (χ0n) is 14.0. The summed E-state index contributed by atoms with van der Waals surface area (Å²) < 4.78 is 1.17. The van der Waals surface area contributed by atoms with Crippen molar-refractivity contribution in [3.8, 4) is 0 Å². The maximum atomic E-state index is 3.66. The van der Waals surface area contributed by atoms with Crippen LogP contribution in [0.2, 0.25) is 0 Å². The highest BCUT2D eigenvalue weighted by Crippen LogP contribution is 2.43. The molecule has 0 saturated heterocycles. The number of rotatable bonds is 5. The molecule has 1 fully saturated rings. The number of halogens is 1. The number of hydrogen-bond acceptors (Lipinski definition) is 1. The minimum absolute atomic E-state index is 0.508. The maximum absolute atomic E-state index is 3.66. The predicted molar refractivity (Wildman–Crippen MR) is 95.6 cm³/mol. The van der Waals surface area contributed by atoms with Crippen molar-refractivity contribution >= 4 is 15.9 Å². The summed E-state index contributed by atoms with van der Waals surface area (Å²) in [6.45, 7) is 10.5. The molecule has 1 aliphatic carbocycles. The van der Waals surface area contributed by atoms with E-state index < -0.39 is 0 Å². The van der Waals surface area contributed by atoms with Crippen LogP contribution in [0.1, 0.15) is 52.5 Å². The lowest BCUT2D eigenvalue weighted by Gasteiger charge is -2.41. The van der Waals surface area contributed by atoms with Crippen molar-refractivity contribution in [3.05, 3.63) is 34.3 Å². The second kappa shape index (κ2) is 7.28. The number of benzene rings is 1. The Morgan fingerprint density at radius 1 is 1.19 bits per heavy atom. The largest absolute Gasteiger partial charge is 0.314 e. The maximum Gasteiger partial charge on any atom is 0.0175 e. The first kappa shape index (κ1) is 17.0. The Balaban J connectivity index is 2.03. The third-order valence-electron chi connectivity index (χ3n) is 4.87. The van der Waals surface area contributed by atoms with E-state index in [1.54, 1.807) is 0 Å². The van der Waals surface area contributed by atoms with E-state index in [1.165, 1.54) is 42.3 Å². The minimum Gasteiger partial charge on any atom is -0.314 e. The first-order valence-electron chi connectivity index (χ1n) is 8.33. The average molecular weight is 352 g/mol. The molecule has 0 heterocycles. The van der Waals surface area contributed by atoms with E-state index in [2.05, 4.69) is 73.2 Å². The molecular weight excluding hydrogens is 322 g/mol. The Kier molecular flexibility index (Phi) is 5.90. The summed E-state index contributed by atoms with van der Waals surface area (Å²) in [5, 5.41) is 3.66. The molecule has 2 unspecified atom stereocenters. The van der Waals surface area contributed by atoms with Gasteiger partial charge in [-0.3, -0.25) is 0 Å². The molecule has 0 spiro atoms. The van der Waals surface area contributed by atoms with Gasteiger partial charge < -0.3 is 5.32 Å². The molecule has 1 aromatic carbocycles. The third-order valence-corrected chi connectivity index (χ3v) is 5.40. The summed E-state index contributed by atoms with van der Waals surface area (Å²) >= 11 is 3.53. The molecule has 0 aromatic heterocycles. The monoisotopic (exact) mass is 351 g/mol. The van der Waals surface area contributed by atoms with Gasteiger partial charge in [0, 0.05) is 10.5 Å². The summed E-state index contributed by atoms with van der Waals surface area (Å²) in [5.74, 6) is 1.63. The molecule has 21 heavy (non-hydrogen) atoms. The quantitative estimate of drug-likeness (QED) is 0.745. The van der Waals surface area contributed by atoms with Crippen LogP contribution in [0.4, 0.5) is 0 Å². The Labute approximate surface area is 139 Å². The highest BCUT2D eigenvalue weighted by molar-refractivity contribution is 9.10. The van der Waals surface area contributed by atoms with Crippen molar-refractivity contribution in [1.82, 2.24) is 5.32 Å². The summed E-state index contributed by atoms with van der Waals surface area (Å²) in [5.41, 5.74) is 1.99. The van der Waals surface area contributed by atoms with Crippen LogP contribution in [0.15, 0.2) is 28.7 Å². The zero-order chi connectivity index (χ0) is 15.5. The molecule has 0 radical (unpaired) electrons. The highest BCUT2D eigenvalue weighted by Gasteiger charge is 2.34. The van der Waals surface area contributed by atoms with Gasteiger partial charge in [0.15, 0.2) is 0 Å². The van der Waals surface area contributed by atoms with Crippen molar-refractivity contribution < 1.29 is 0 Å². The second-order valence-corrected chi connectivity index (χ2v) is 8.74. The van der Waals surface area contributed by atoms with Crippen LogP contribution < -0.4 is 5.32 Å². The molecule has 1 aliphatic rings. The summed E-state index contributed by atoms with van der Waals surface area (Å²) in [6, 6.07) is 9.49. The van der Waals surface area contributed by atoms with Crippen LogP contribution in [-0.2, 0) is 6.42 Å². The molecule has 0 amide bonds. The van der Waals surface area contributed by atoms with Gasteiger partial charge in [0.1, 0.15) is 0 Å². The van der Waals surface area contributed by atoms with Crippen LogP contribution in [0.25, 0.3) is 0 Å². The Morgan fingerprint density at radius 2 is 1.86 bits per heavy atom. The third kappa shape index (κ3) is 5.41. The minimum atomic E-state index is 0.508. The molecule has 2 rings (SSSR count). The van der Waals surface area contributed by atoms with Gasteiger partial charge in [-0.15, -0.1) is 0 Å². The van der Waals surface area contributed by atoms with E-state index in [-0.39, 0.29) is 0 Å². The summed E-state index contributed by atoms with van der Waals surface area (Å²) in [7, 11) is 0. The van der Waals surface area contributed by atoms with E-state index in [4.69, 9.17) is 0 Å². The first-order chi connectivity index (χ1) is 9.85. The van der Waals surface area contributed by atoms with Gasteiger partial charge in [-0.25, -0.2) is 0 Å². The number of nitrogens with one attached hydrogen (secondary N) is 1. The zero-order valence-corrected chi connectivity index (χ0v) is 15.5. The van der Waals surface area contributed by atoms with Crippen molar-refractivity contribution in [2.45, 2.75) is 59.4 Å². The molecule has 1 saturated carbocycles. The van der Waals surface area contributed by atoms with Crippen LogP contribution in [0, 0.1) is 17.3 Å². The fourth-order valence-corrected chi connectivity index (χ4v) is 3.87. The van der Waals surface area contributed by atoms with Crippen LogP contribution in [-0.4, -0.2) is 12.6 Å². The highest BCUT2D eigenvalue weighted by atomic mass is 79.9. The summed E-state index contributed by atoms with van der Waals surface area (Å²) in [4.78, 5) is 0. The Morgan fingerprint density at radius 3 is 2.48 bits per heavy atom. The van der Waals surface area contributed by atoms with Gasteiger partial charge in [0.25, 0.3) is 0 Å². The average Bonchev–Trinajstić information content (AvgIpc) is 2.39. The molecule has 1 aromatic rings. The van der Waals surface area contributed by atoms with Crippen LogP contribution >= 0.6 is 15.9 Å². The first-order valence-corrected chi connectivity index (χ1v) is 9.13. The van der Waals surface area contributed by atoms with Gasteiger partial charge >= 0.3 is 0 Å². The smallest absolute Gasteiger partial charge is 0.0175 e. The molecule has 118 valence electrons. The molecule has 0 aliphatic heterocycles. The van der Waals surface area contributed by atoms with Gasteiger partial charge in [0.05, 0.1) is 0 Å². The van der Waals surface area contributed by atoms with E-state index in [1.807, 2.05) is 0 Å². The topological polar surface area (TPSA) is 12.0 Å². The van der Waals surface area contributed by atoms with Crippen molar-refractivity contribution in [2.24, 2.45) is 17.3 Å². The van der Waals surface area contributed by atoms with Crippen molar-refractivity contribution in [3.63, 3.8) is 0 Å². The summed E-state index contributed by atoms with van der Waals surface area (Å²) in [6.07, 6.45) is 5.32. The molecule has 1 nitrogen and oxygen atoms in total. The van der Waals surface area contributed by atoms with Gasteiger partial charge in [-0.2, -0.15) is 0 Å². The van der Waals surface area contributed by atoms with Gasteiger partial charge in [-0.1, -0.05) is 55.8 Å². The number of hydrogen-bond donors (Lipinski definition) is 1. The Hall–Kier alpha value is -0.340. The Bertz CT molecular complexity index is 433. The van der Waals surface area contributed by atoms with Crippen LogP contribution in [0.5, 0.6) is 0 Å². The lowest BCUT2D eigenvalue weighted by atomic mass is 9.65. The standard InChI is InChI=1S/C19H30BrN/c1-14(2)21-13-16-9-10-19(3,4)12-17(16)11-15-5-7-18(20)8-6-15/h5-8,14,16-17,21H,9-13H2,1-4H3. The van der Waals surface area contributed by atoms with Crippen molar-refractivity contribution in [1.29, 1.82) is 0 Å². The van der Waals surface area contributed by atoms with E-state index in [0.717, 1.165) is 11.8 Å². The second-order valence-electron chi connectivity index (χ2n) is 7.82.